The highest BCUT2D eigenvalue weighted by Crippen LogP contribution is 2.01. The van der Waals surface area contributed by atoms with Crippen molar-refractivity contribution >= 4 is 5.96 Å². The molecule has 0 amide bonds. The smallest absolute Gasteiger partial charge is 0.191 e. The predicted molar refractivity (Wildman–Crippen MR) is 66.7 cm³/mol. The molecule has 1 saturated heterocycles. The quantitative estimate of drug-likeness (QED) is 0.599. The van der Waals surface area contributed by atoms with Gasteiger partial charge in [0.25, 0.3) is 0 Å². The lowest BCUT2D eigenvalue weighted by atomic mass is 10.3. The Kier molecular flexibility index (Phi) is 3.93. The molecule has 2 heterocycles. The van der Waals surface area contributed by atoms with Gasteiger partial charge in [-0.1, -0.05) is 6.07 Å². The summed E-state index contributed by atoms with van der Waals surface area (Å²) < 4.78 is 5.26. The fourth-order valence-corrected chi connectivity index (χ4v) is 1.74. The first-order valence-electron chi connectivity index (χ1n) is 5.81. The first kappa shape index (κ1) is 11.9. The molecule has 1 aliphatic rings. The van der Waals surface area contributed by atoms with E-state index in [0.717, 1.165) is 37.7 Å². The van der Waals surface area contributed by atoms with Gasteiger partial charge in [-0.2, -0.15) is 0 Å². The molecule has 0 atom stereocenters. The van der Waals surface area contributed by atoms with Crippen LogP contribution < -0.4 is 5.73 Å². The van der Waals surface area contributed by atoms with Crippen molar-refractivity contribution in [2.24, 2.45) is 10.7 Å². The molecule has 17 heavy (non-hydrogen) atoms. The molecule has 0 spiro atoms. The molecule has 0 bridgehead atoms. The molecule has 5 nitrogen and oxygen atoms in total. The molecule has 2 rings (SSSR count). The summed E-state index contributed by atoms with van der Waals surface area (Å²) in [7, 11) is 0. The normalized spacial score (nSPS) is 17.2. The van der Waals surface area contributed by atoms with E-state index in [1.165, 1.54) is 0 Å². The minimum Gasteiger partial charge on any atom is -0.378 e. The van der Waals surface area contributed by atoms with Crippen molar-refractivity contribution in [1.29, 1.82) is 0 Å². The Morgan fingerprint density at radius 1 is 1.47 bits per heavy atom. The zero-order chi connectivity index (χ0) is 12.1. The molecule has 1 aromatic rings. The SMILES string of the molecule is Cc1cccc(CN=C(N)N2CCOCC2)n1. The summed E-state index contributed by atoms with van der Waals surface area (Å²) in [4.78, 5) is 10.8. The summed E-state index contributed by atoms with van der Waals surface area (Å²) >= 11 is 0. The van der Waals surface area contributed by atoms with E-state index < -0.39 is 0 Å². The molecule has 0 unspecified atom stereocenters. The first-order chi connectivity index (χ1) is 8.25. The van der Waals surface area contributed by atoms with Crippen LogP contribution in [0, 0.1) is 6.92 Å². The number of aromatic nitrogens is 1. The number of nitrogens with zero attached hydrogens (tertiary/aromatic N) is 3. The summed E-state index contributed by atoms with van der Waals surface area (Å²) in [5.74, 6) is 0.580. The molecule has 0 aliphatic carbocycles. The summed E-state index contributed by atoms with van der Waals surface area (Å²) in [6.07, 6.45) is 0. The highest BCUT2D eigenvalue weighted by molar-refractivity contribution is 5.78. The lowest BCUT2D eigenvalue weighted by Gasteiger charge is -2.27. The Labute approximate surface area is 101 Å². The second-order valence-corrected chi connectivity index (χ2v) is 4.04. The van der Waals surface area contributed by atoms with Crippen LogP contribution in [0.1, 0.15) is 11.4 Å². The van der Waals surface area contributed by atoms with Crippen molar-refractivity contribution in [2.75, 3.05) is 26.3 Å². The van der Waals surface area contributed by atoms with E-state index in [1.54, 1.807) is 0 Å². The zero-order valence-corrected chi connectivity index (χ0v) is 10.1. The van der Waals surface area contributed by atoms with E-state index in [-0.39, 0.29) is 0 Å². The predicted octanol–water partition coefficient (Wildman–Crippen LogP) is 0.537. The number of hydrogen-bond acceptors (Lipinski definition) is 3. The maximum atomic E-state index is 5.93. The number of guanidine groups is 1. The first-order valence-corrected chi connectivity index (χ1v) is 5.81. The number of aliphatic imine (C=N–C) groups is 1. The molecule has 1 fully saturated rings. The van der Waals surface area contributed by atoms with Gasteiger partial charge >= 0.3 is 0 Å². The number of rotatable bonds is 2. The van der Waals surface area contributed by atoms with Crippen LogP contribution in [0.3, 0.4) is 0 Å². The highest BCUT2D eigenvalue weighted by Gasteiger charge is 2.11. The van der Waals surface area contributed by atoms with E-state index in [9.17, 15) is 0 Å². The molecule has 0 radical (unpaired) electrons. The Morgan fingerprint density at radius 3 is 2.94 bits per heavy atom. The third-order valence-corrected chi connectivity index (χ3v) is 2.68. The maximum Gasteiger partial charge on any atom is 0.191 e. The molecule has 1 aliphatic heterocycles. The number of pyridine rings is 1. The van der Waals surface area contributed by atoms with Crippen LogP contribution in [0.15, 0.2) is 23.2 Å². The van der Waals surface area contributed by atoms with Crippen LogP contribution in [0.5, 0.6) is 0 Å². The standard InChI is InChI=1S/C12H18N4O/c1-10-3-2-4-11(15-10)9-14-12(13)16-5-7-17-8-6-16/h2-4H,5-9H2,1H3,(H2,13,14). The van der Waals surface area contributed by atoms with Crippen molar-refractivity contribution in [2.45, 2.75) is 13.5 Å². The van der Waals surface area contributed by atoms with E-state index in [2.05, 4.69) is 9.98 Å². The number of morpholine rings is 1. The molecule has 1 aromatic heterocycles. The molecule has 0 aromatic carbocycles. The molecule has 92 valence electrons. The van der Waals surface area contributed by atoms with Crippen LogP contribution >= 0.6 is 0 Å². The van der Waals surface area contributed by atoms with Crippen LogP contribution in [0.4, 0.5) is 0 Å². The van der Waals surface area contributed by atoms with Gasteiger partial charge in [-0.3, -0.25) is 4.98 Å². The number of aryl methyl sites for hydroxylation is 1. The summed E-state index contributed by atoms with van der Waals surface area (Å²) in [5, 5.41) is 0. The number of ether oxygens (including phenoxy) is 1. The third-order valence-electron chi connectivity index (χ3n) is 2.68. The van der Waals surface area contributed by atoms with Crippen LogP contribution in [0.2, 0.25) is 0 Å². The van der Waals surface area contributed by atoms with Crippen molar-refractivity contribution in [3.63, 3.8) is 0 Å². The van der Waals surface area contributed by atoms with Crippen LogP contribution in [-0.2, 0) is 11.3 Å². The van der Waals surface area contributed by atoms with Crippen molar-refractivity contribution in [3.05, 3.63) is 29.6 Å². The Balaban J connectivity index is 1.95. The molecular formula is C12H18N4O. The average Bonchev–Trinajstić information content (AvgIpc) is 2.37. The topological polar surface area (TPSA) is 63.7 Å². The summed E-state index contributed by atoms with van der Waals surface area (Å²) in [6.45, 7) is 5.58. The van der Waals surface area contributed by atoms with E-state index >= 15 is 0 Å². The second kappa shape index (κ2) is 5.63. The fraction of sp³-hybridized carbons (Fsp3) is 0.500. The Bertz CT molecular complexity index is 399. The largest absolute Gasteiger partial charge is 0.378 e. The van der Waals surface area contributed by atoms with Crippen LogP contribution in [-0.4, -0.2) is 42.1 Å². The molecule has 5 heteroatoms. The van der Waals surface area contributed by atoms with Crippen molar-refractivity contribution in [1.82, 2.24) is 9.88 Å². The monoisotopic (exact) mass is 234 g/mol. The lowest BCUT2D eigenvalue weighted by molar-refractivity contribution is 0.0674. The third kappa shape index (κ3) is 3.42. The summed E-state index contributed by atoms with van der Waals surface area (Å²) in [5.41, 5.74) is 7.87. The van der Waals surface area contributed by atoms with Crippen molar-refractivity contribution in [3.8, 4) is 0 Å². The van der Waals surface area contributed by atoms with Gasteiger partial charge in [0.2, 0.25) is 0 Å². The van der Waals surface area contributed by atoms with Crippen molar-refractivity contribution < 1.29 is 4.74 Å². The zero-order valence-electron chi connectivity index (χ0n) is 10.1. The average molecular weight is 234 g/mol. The Morgan fingerprint density at radius 2 is 2.24 bits per heavy atom. The van der Waals surface area contributed by atoms with Crippen LogP contribution in [0.25, 0.3) is 0 Å². The molecule has 0 saturated carbocycles. The Hall–Kier alpha value is -1.62. The summed E-state index contributed by atoms with van der Waals surface area (Å²) in [6, 6.07) is 5.92. The maximum absolute atomic E-state index is 5.93. The highest BCUT2D eigenvalue weighted by atomic mass is 16.5. The molecular weight excluding hydrogens is 216 g/mol. The van der Waals surface area contributed by atoms with E-state index in [0.29, 0.717) is 12.5 Å². The minimum absolute atomic E-state index is 0.533. The number of nitrogens with two attached hydrogens (primary N) is 1. The fourth-order valence-electron chi connectivity index (χ4n) is 1.74. The van der Waals surface area contributed by atoms with Gasteiger partial charge in [-0.05, 0) is 19.1 Å². The van der Waals surface area contributed by atoms with Gasteiger partial charge in [0.15, 0.2) is 5.96 Å². The van der Waals surface area contributed by atoms with Gasteiger partial charge < -0.3 is 15.4 Å². The van der Waals surface area contributed by atoms with E-state index in [1.807, 2.05) is 30.0 Å². The van der Waals surface area contributed by atoms with Gasteiger partial charge in [-0.25, -0.2) is 4.99 Å². The minimum atomic E-state index is 0.533. The van der Waals surface area contributed by atoms with Gasteiger partial charge in [-0.15, -0.1) is 0 Å². The van der Waals surface area contributed by atoms with E-state index in [4.69, 9.17) is 10.5 Å². The van der Waals surface area contributed by atoms with Gasteiger partial charge in [0, 0.05) is 18.8 Å². The second-order valence-electron chi connectivity index (χ2n) is 4.04. The number of hydrogen-bond donors (Lipinski definition) is 1. The molecule has 2 N–H and O–H groups in total. The van der Waals surface area contributed by atoms with Gasteiger partial charge in [0.05, 0.1) is 25.5 Å². The lowest BCUT2D eigenvalue weighted by Crippen LogP contribution is -2.44. The van der Waals surface area contributed by atoms with Gasteiger partial charge in [0.1, 0.15) is 0 Å².